The minimum Gasteiger partial charge on any atom is -0.347 e. The fourth-order valence-electron chi connectivity index (χ4n) is 3.01. The fraction of sp³-hybridized carbons (Fsp3) is 0.400. The van der Waals surface area contributed by atoms with E-state index in [0.717, 1.165) is 53.4 Å². The summed E-state index contributed by atoms with van der Waals surface area (Å²) in [5.74, 6) is 0.909. The van der Waals surface area contributed by atoms with Gasteiger partial charge in [0.2, 0.25) is 0 Å². The molecule has 0 fully saturated rings. The van der Waals surface area contributed by atoms with Gasteiger partial charge in [0.15, 0.2) is 0 Å². The summed E-state index contributed by atoms with van der Waals surface area (Å²) in [6.07, 6.45) is 4.35. The molecular formula is C15H18ClN5OS. The van der Waals surface area contributed by atoms with Crippen molar-refractivity contribution in [3.8, 4) is 0 Å². The van der Waals surface area contributed by atoms with Crippen LogP contribution in [0, 0.1) is 6.92 Å². The fourth-order valence-corrected chi connectivity index (χ4v) is 3.94. The quantitative estimate of drug-likeness (QED) is 0.766. The van der Waals surface area contributed by atoms with Gasteiger partial charge in [-0.25, -0.2) is 9.97 Å². The molecule has 4 heterocycles. The van der Waals surface area contributed by atoms with Crippen molar-refractivity contribution in [3.63, 3.8) is 0 Å². The van der Waals surface area contributed by atoms with Crippen molar-refractivity contribution in [3.05, 3.63) is 45.3 Å². The minimum absolute atomic E-state index is 0. The van der Waals surface area contributed by atoms with Crippen molar-refractivity contribution in [2.24, 2.45) is 0 Å². The highest BCUT2D eigenvalue weighted by molar-refractivity contribution is 7.16. The van der Waals surface area contributed by atoms with Crippen LogP contribution in [0.2, 0.25) is 0 Å². The molecule has 0 aliphatic carbocycles. The van der Waals surface area contributed by atoms with Crippen molar-refractivity contribution in [2.45, 2.75) is 26.4 Å². The molecule has 23 heavy (non-hydrogen) atoms. The topological polar surface area (TPSA) is 66.8 Å². The lowest BCUT2D eigenvalue weighted by Crippen LogP contribution is -2.28. The Morgan fingerprint density at radius 2 is 2.22 bits per heavy atom. The Morgan fingerprint density at radius 3 is 3.00 bits per heavy atom. The van der Waals surface area contributed by atoms with Gasteiger partial charge in [0.1, 0.15) is 10.7 Å². The van der Waals surface area contributed by atoms with E-state index in [1.165, 1.54) is 0 Å². The number of aryl methyl sites for hydroxylation is 1. The lowest BCUT2D eigenvalue weighted by molar-refractivity contribution is 0.268. The highest BCUT2D eigenvalue weighted by atomic mass is 35.5. The number of fused-ring (bicyclic) bond motifs is 2. The number of H-pyrrole nitrogens is 1. The molecule has 0 spiro atoms. The van der Waals surface area contributed by atoms with E-state index in [9.17, 15) is 4.79 Å². The summed E-state index contributed by atoms with van der Waals surface area (Å²) in [7, 11) is 0. The second kappa shape index (κ2) is 6.43. The van der Waals surface area contributed by atoms with Crippen LogP contribution in [0.1, 0.15) is 17.1 Å². The standard InChI is InChI=1S/C15H17N5OS.ClH/c1-10-8-22-14-13(10)15(21)20-5-4-19(3-2-12(20)18-14)7-11-6-16-9-17-11;/h6,8-9H,2-5,7H2,1H3,(H,16,17);1H. The molecule has 0 atom stereocenters. The van der Waals surface area contributed by atoms with Crippen LogP contribution in [0.25, 0.3) is 10.2 Å². The van der Waals surface area contributed by atoms with Gasteiger partial charge in [0.25, 0.3) is 5.56 Å². The number of imidazole rings is 1. The normalized spacial score (nSPS) is 15.2. The van der Waals surface area contributed by atoms with Crippen molar-refractivity contribution < 1.29 is 0 Å². The molecule has 0 saturated heterocycles. The summed E-state index contributed by atoms with van der Waals surface area (Å²) >= 11 is 1.56. The number of aromatic amines is 1. The molecule has 3 aromatic rings. The zero-order valence-electron chi connectivity index (χ0n) is 12.8. The number of hydrogen-bond donors (Lipinski definition) is 1. The third-order valence-corrected chi connectivity index (χ3v) is 5.19. The smallest absolute Gasteiger partial charge is 0.262 e. The molecule has 0 saturated carbocycles. The van der Waals surface area contributed by atoms with Crippen LogP contribution in [0.3, 0.4) is 0 Å². The van der Waals surface area contributed by atoms with Crippen LogP contribution in [0.5, 0.6) is 0 Å². The monoisotopic (exact) mass is 351 g/mol. The maximum Gasteiger partial charge on any atom is 0.262 e. The first-order valence-electron chi connectivity index (χ1n) is 7.39. The zero-order chi connectivity index (χ0) is 15.1. The molecule has 0 radical (unpaired) electrons. The Bertz CT molecular complexity index is 870. The van der Waals surface area contributed by atoms with Gasteiger partial charge in [0, 0.05) is 44.5 Å². The number of halogens is 1. The Kier molecular flexibility index (Phi) is 4.52. The van der Waals surface area contributed by atoms with Crippen LogP contribution in [0.15, 0.2) is 22.7 Å². The van der Waals surface area contributed by atoms with Crippen LogP contribution in [-0.4, -0.2) is 37.5 Å². The van der Waals surface area contributed by atoms with Crippen LogP contribution < -0.4 is 5.56 Å². The predicted octanol–water partition coefficient (Wildman–Crippen LogP) is 1.97. The maximum atomic E-state index is 12.7. The molecule has 1 N–H and O–H groups in total. The third kappa shape index (κ3) is 2.91. The van der Waals surface area contributed by atoms with Crippen molar-refractivity contribution in [1.29, 1.82) is 0 Å². The SMILES string of the molecule is Cc1csc2nc3n(c(=O)c12)CCN(Cc1cnc[nH]1)CC3.Cl. The Balaban J connectivity index is 0.00000156. The Hall–Kier alpha value is -1.70. The highest BCUT2D eigenvalue weighted by Crippen LogP contribution is 2.21. The largest absolute Gasteiger partial charge is 0.347 e. The Labute approximate surface area is 143 Å². The number of nitrogens with one attached hydrogen (secondary N) is 1. The first-order chi connectivity index (χ1) is 10.7. The van der Waals surface area contributed by atoms with Gasteiger partial charge in [-0.2, -0.15) is 0 Å². The van der Waals surface area contributed by atoms with Crippen LogP contribution in [0.4, 0.5) is 0 Å². The predicted molar refractivity (Wildman–Crippen MR) is 93.4 cm³/mol. The lowest BCUT2D eigenvalue weighted by atomic mass is 10.2. The number of nitrogens with zero attached hydrogens (tertiary/aromatic N) is 4. The van der Waals surface area contributed by atoms with E-state index >= 15 is 0 Å². The van der Waals surface area contributed by atoms with E-state index in [1.807, 2.05) is 23.1 Å². The summed E-state index contributed by atoms with van der Waals surface area (Å²) in [5, 5.41) is 2.81. The number of hydrogen-bond acceptors (Lipinski definition) is 5. The average Bonchev–Trinajstić information content (AvgIpc) is 3.08. The van der Waals surface area contributed by atoms with Crippen molar-refractivity contribution >= 4 is 34.0 Å². The van der Waals surface area contributed by atoms with Gasteiger partial charge >= 0.3 is 0 Å². The van der Waals surface area contributed by atoms with E-state index in [2.05, 4.69) is 14.9 Å². The van der Waals surface area contributed by atoms with Crippen molar-refractivity contribution in [1.82, 2.24) is 24.4 Å². The minimum atomic E-state index is 0. The average molecular weight is 352 g/mol. The first-order valence-corrected chi connectivity index (χ1v) is 8.27. The highest BCUT2D eigenvalue weighted by Gasteiger charge is 2.19. The van der Waals surface area contributed by atoms with Gasteiger partial charge in [-0.05, 0) is 17.9 Å². The van der Waals surface area contributed by atoms with Gasteiger partial charge in [0.05, 0.1) is 11.7 Å². The molecule has 1 aliphatic rings. The molecular weight excluding hydrogens is 334 g/mol. The first kappa shape index (κ1) is 16.2. The molecule has 6 nitrogen and oxygen atoms in total. The van der Waals surface area contributed by atoms with Gasteiger partial charge in [-0.1, -0.05) is 0 Å². The molecule has 0 aromatic carbocycles. The van der Waals surface area contributed by atoms with E-state index in [1.54, 1.807) is 17.7 Å². The molecule has 0 unspecified atom stereocenters. The summed E-state index contributed by atoms with van der Waals surface area (Å²) in [6.45, 7) is 5.26. The second-order valence-electron chi connectivity index (χ2n) is 5.69. The van der Waals surface area contributed by atoms with Crippen LogP contribution in [-0.2, 0) is 19.5 Å². The number of thiophene rings is 1. The molecule has 4 rings (SSSR count). The Morgan fingerprint density at radius 1 is 1.35 bits per heavy atom. The number of rotatable bonds is 2. The summed E-state index contributed by atoms with van der Waals surface area (Å²) < 4.78 is 1.86. The molecule has 1 aliphatic heterocycles. The molecule has 122 valence electrons. The van der Waals surface area contributed by atoms with Crippen molar-refractivity contribution in [2.75, 3.05) is 13.1 Å². The van der Waals surface area contributed by atoms with E-state index in [0.29, 0.717) is 6.54 Å². The molecule has 8 heteroatoms. The zero-order valence-corrected chi connectivity index (χ0v) is 14.4. The van der Waals surface area contributed by atoms with E-state index in [4.69, 9.17) is 4.98 Å². The number of aromatic nitrogens is 4. The van der Waals surface area contributed by atoms with Crippen LogP contribution >= 0.6 is 23.7 Å². The summed E-state index contributed by atoms with van der Waals surface area (Å²) in [6, 6.07) is 0. The third-order valence-electron chi connectivity index (χ3n) is 4.20. The van der Waals surface area contributed by atoms with Gasteiger partial charge in [-0.3, -0.25) is 14.3 Å². The molecule has 0 bridgehead atoms. The maximum absolute atomic E-state index is 12.7. The van der Waals surface area contributed by atoms with Gasteiger partial charge < -0.3 is 4.98 Å². The van der Waals surface area contributed by atoms with Gasteiger partial charge in [-0.15, -0.1) is 23.7 Å². The molecule has 3 aromatic heterocycles. The summed E-state index contributed by atoms with van der Waals surface area (Å²) in [4.78, 5) is 27.8. The summed E-state index contributed by atoms with van der Waals surface area (Å²) in [5.41, 5.74) is 2.25. The molecule has 0 amide bonds. The van der Waals surface area contributed by atoms with E-state index < -0.39 is 0 Å². The lowest BCUT2D eigenvalue weighted by Gasteiger charge is -2.17. The second-order valence-corrected chi connectivity index (χ2v) is 6.54. The van der Waals surface area contributed by atoms with E-state index in [-0.39, 0.29) is 18.0 Å².